The maximum Gasteiger partial charge on any atom is 0.316 e. The van der Waals surface area contributed by atoms with E-state index in [1.165, 1.54) is 18.1 Å². The number of esters is 1. The highest BCUT2D eigenvalue weighted by molar-refractivity contribution is 8.00. The van der Waals surface area contributed by atoms with Gasteiger partial charge in [0.15, 0.2) is 0 Å². The van der Waals surface area contributed by atoms with Crippen LogP contribution in [0.25, 0.3) is 21.3 Å². The zero-order chi connectivity index (χ0) is 17.1. The Bertz CT molecular complexity index is 863. The van der Waals surface area contributed by atoms with Crippen LogP contribution >= 0.6 is 34.7 Å². The standard InChI is InChI=1S/C17H15ClN2O2S2/c1-10(2)22-14(21)8-24-17-15-13(7-23-16(15)19-9-20-17)11-3-5-12(18)6-4-11/h3-7,9-10H,8H2,1-2H3. The van der Waals surface area contributed by atoms with Crippen LogP contribution in [0.1, 0.15) is 13.8 Å². The smallest absolute Gasteiger partial charge is 0.316 e. The second-order valence-electron chi connectivity index (χ2n) is 5.34. The summed E-state index contributed by atoms with van der Waals surface area (Å²) in [4.78, 5) is 21.4. The van der Waals surface area contributed by atoms with E-state index in [0.29, 0.717) is 5.02 Å². The first-order valence-corrected chi connectivity index (χ1v) is 9.59. The lowest BCUT2D eigenvalue weighted by Gasteiger charge is -2.08. The van der Waals surface area contributed by atoms with E-state index in [-0.39, 0.29) is 17.8 Å². The first-order valence-electron chi connectivity index (χ1n) is 7.35. The Morgan fingerprint density at radius 3 is 2.75 bits per heavy atom. The molecule has 0 aliphatic carbocycles. The summed E-state index contributed by atoms with van der Waals surface area (Å²) in [6.07, 6.45) is 1.41. The van der Waals surface area contributed by atoms with Crippen molar-refractivity contribution in [1.29, 1.82) is 0 Å². The molecule has 0 fully saturated rings. The summed E-state index contributed by atoms with van der Waals surface area (Å²) < 4.78 is 5.18. The molecular weight excluding hydrogens is 364 g/mol. The van der Waals surface area contributed by atoms with Gasteiger partial charge in [0, 0.05) is 16.0 Å². The maximum atomic E-state index is 11.8. The molecule has 2 heterocycles. The fraction of sp³-hybridized carbons (Fsp3) is 0.235. The summed E-state index contributed by atoms with van der Waals surface area (Å²) >= 11 is 8.90. The maximum absolute atomic E-state index is 11.8. The fourth-order valence-electron chi connectivity index (χ4n) is 2.22. The van der Waals surface area contributed by atoms with Gasteiger partial charge in [0.05, 0.1) is 17.2 Å². The van der Waals surface area contributed by atoms with Gasteiger partial charge in [-0.25, -0.2) is 9.97 Å². The number of hydrogen-bond acceptors (Lipinski definition) is 6. The van der Waals surface area contributed by atoms with Crippen LogP contribution in [0.15, 0.2) is 41.0 Å². The summed E-state index contributed by atoms with van der Waals surface area (Å²) in [6.45, 7) is 3.67. The average molecular weight is 379 g/mol. The molecule has 0 aliphatic rings. The number of halogens is 1. The van der Waals surface area contributed by atoms with E-state index >= 15 is 0 Å². The minimum atomic E-state index is -0.245. The molecular formula is C17H15ClN2O2S2. The highest BCUT2D eigenvalue weighted by Gasteiger charge is 2.15. The molecule has 4 nitrogen and oxygen atoms in total. The van der Waals surface area contributed by atoms with Gasteiger partial charge in [-0.05, 0) is 31.5 Å². The number of hydrogen-bond donors (Lipinski definition) is 0. The summed E-state index contributed by atoms with van der Waals surface area (Å²) in [6, 6.07) is 7.66. The van der Waals surface area contributed by atoms with Gasteiger partial charge in [0.25, 0.3) is 0 Å². The van der Waals surface area contributed by atoms with Gasteiger partial charge in [0.2, 0.25) is 0 Å². The minimum absolute atomic E-state index is 0.116. The van der Waals surface area contributed by atoms with Crippen molar-refractivity contribution in [3.8, 4) is 11.1 Å². The number of carbonyl (C=O) groups excluding carboxylic acids is 1. The molecule has 0 saturated heterocycles. The van der Waals surface area contributed by atoms with Crippen LogP contribution in [0, 0.1) is 0 Å². The lowest BCUT2D eigenvalue weighted by molar-refractivity contribution is -0.144. The molecule has 7 heteroatoms. The molecule has 0 amide bonds. The van der Waals surface area contributed by atoms with Crippen LogP contribution in [0.5, 0.6) is 0 Å². The molecule has 0 unspecified atom stereocenters. The number of rotatable bonds is 5. The molecule has 3 aromatic rings. The van der Waals surface area contributed by atoms with Crippen LogP contribution in [-0.4, -0.2) is 27.8 Å². The lowest BCUT2D eigenvalue weighted by atomic mass is 10.1. The molecule has 0 bridgehead atoms. The zero-order valence-corrected chi connectivity index (χ0v) is 15.5. The number of thiophene rings is 1. The van der Waals surface area contributed by atoms with Crippen molar-refractivity contribution in [3.63, 3.8) is 0 Å². The molecule has 3 rings (SSSR count). The Morgan fingerprint density at radius 1 is 1.29 bits per heavy atom. The van der Waals surface area contributed by atoms with Gasteiger partial charge in [-0.3, -0.25) is 4.79 Å². The molecule has 0 spiro atoms. The van der Waals surface area contributed by atoms with Gasteiger partial charge < -0.3 is 4.74 Å². The Labute approximate surface area is 153 Å². The van der Waals surface area contributed by atoms with Crippen LogP contribution in [0.2, 0.25) is 5.02 Å². The summed E-state index contributed by atoms with van der Waals surface area (Å²) in [7, 11) is 0. The average Bonchev–Trinajstić information content (AvgIpc) is 2.97. The Balaban J connectivity index is 1.92. The minimum Gasteiger partial charge on any atom is -0.462 e. The summed E-state index contributed by atoms with van der Waals surface area (Å²) in [5, 5.41) is 4.50. The van der Waals surface area contributed by atoms with Crippen LogP contribution < -0.4 is 0 Å². The van der Waals surface area contributed by atoms with Crippen LogP contribution in [0.4, 0.5) is 0 Å². The number of fused-ring (bicyclic) bond motifs is 1. The molecule has 0 aliphatic heterocycles. The second kappa shape index (κ2) is 7.51. The monoisotopic (exact) mass is 378 g/mol. The SMILES string of the molecule is CC(C)OC(=O)CSc1ncnc2scc(-c3ccc(Cl)cc3)c12. The molecule has 2 aromatic heterocycles. The number of carbonyl (C=O) groups is 1. The van der Waals surface area contributed by atoms with Gasteiger partial charge in [-0.2, -0.15) is 0 Å². The normalized spacial score (nSPS) is 11.2. The van der Waals surface area contributed by atoms with E-state index in [9.17, 15) is 4.79 Å². The number of ether oxygens (including phenoxy) is 1. The van der Waals surface area contributed by atoms with Gasteiger partial charge in [-0.1, -0.05) is 35.5 Å². The Hall–Kier alpha value is -1.63. The van der Waals surface area contributed by atoms with E-state index in [4.69, 9.17) is 16.3 Å². The number of benzene rings is 1. The van der Waals surface area contributed by atoms with Crippen molar-refractivity contribution >= 4 is 50.9 Å². The summed E-state index contributed by atoms with van der Waals surface area (Å²) in [5.41, 5.74) is 2.10. The topological polar surface area (TPSA) is 52.1 Å². The van der Waals surface area contributed by atoms with E-state index in [2.05, 4.69) is 15.3 Å². The van der Waals surface area contributed by atoms with Gasteiger partial charge in [-0.15, -0.1) is 11.3 Å². The highest BCUT2D eigenvalue weighted by Crippen LogP contribution is 2.38. The highest BCUT2D eigenvalue weighted by atomic mass is 35.5. The fourth-order valence-corrected chi connectivity index (χ4v) is 4.12. The zero-order valence-electron chi connectivity index (χ0n) is 13.2. The second-order valence-corrected chi connectivity index (χ2v) is 7.60. The molecule has 0 N–H and O–H groups in total. The number of nitrogens with zero attached hydrogens (tertiary/aromatic N) is 2. The Kier molecular flexibility index (Phi) is 5.38. The van der Waals surface area contributed by atoms with Crippen molar-refractivity contribution in [1.82, 2.24) is 9.97 Å². The third-order valence-electron chi connectivity index (χ3n) is 3.18. The molecule has 124 valence electrons. The lowest BCUT2D eigenvalue weighted by Crippen LogP contribution is -2.13. The Morgan fingerprint density at radius 2 is 2.04 bits per heavy atom. The van der Waals surface area contributed by atoms with E-state index < -0.39 is 0 Å². The predicted molar refractivity (Wildman–Crippen MR) is 99.8 cm³/mol. The number of aromatic nitrogens is 2. The number of thioether (sulfide) groups is 1. The third-order valence-corrected chi connectivity index (χ3v) is 5.29. The van der Waals surface area contributed by atoms with Crippen molar-refractivity contribution in [2.24, 2.45) is 0 Å². The molecule has 1 aromatic carbocycles. The molecule has 0 saturated carbocycles. The van der Waals surface area contributed by atoms with Crippen molar-refractivity contribution in [2.75, 3.05) is 5.75 Å². The first-order chi connectivity index (χ1) is 11.5. The third kappa shape index (κ3) is 3.88. The van der Waals surface area contributed by atoms with E-state index in [0.717, 1.165) is 26.4 Å². The largest absolute Gasteiger partial charge is 0.462 e. The molecule has 0 radical (unpaired) electrons. The van der Waals surface area contributed by atoms with Gasteiger partial charge in [0.1, 0.15) is 16.2 Å². The van der Waals surface area contributed by atoms with Crippen molar-refractivity contribution in [3.05, 3.63) is 41.0 Å². The summed E-state index contributed by atoms with van der Waals surface area (Å²) in [5.74, 6) is -0.0229. The van der Waals surface area contributed by atoms with Crippen LogP contribution in [-0.2, 0) is 9.53 Å². The van der Waals surface area contributed by atoms with Crippen LogP contribution in [0.3, 0.4) is 0 Å². The first kappa shape index (κ1) is 17.2. The quantitative estimate of drug-likeness (QED) is 0.353. The molecule has 24 heavy (non-hydrogen) atoms. The van der Waals surface area contributed by atoms with Gasteiger partial charge >= 0.3 is 5.97 Å². The van der Waals surface area contributed by atoms with Crippen molar-refractivity contribution < 1.29 is 9.53 Å². The van der Waals surface area contributed by atoms with Crippen molar-refractivity contribution in [2.45, 2.75) is 25.0 Å². The molecule has 0 atom stereocenters. The van der Waals surface area contributed by atoms with E-state index in [1.807, 2.05) is 38.1 Å². The van der Waals surface area contributed by atoms with E-state index in [1.54, 1.807) is 11.3 Å². The predicted octanol–water partition coefficient (Wildman–Crippen LogP) is 5.06.